The molecule has 0 aliphatic carbocycles. The highest BCUT2D eigenvalue weighted by atomic mass is 35.5. The van der Waals surface area contributed by atoms with Gasteiger partial charge in [-0.05, 0) is 86.3 Å². The third-order valence-corrected chi connectivity index (χ3v) is 9.72. The first-order chi connectivity index (χ1) is 23.9. The van der Waals surface area contributed by atoms with Gasteiger partial charge in [0.15, 0.2) is 0 Å². The topological polar surface area (TPSA) is 172 Å². The van der Waals surface area contributed by atoms with Crippen LogP contribution in [0.25, 0.3) is 0 Å². The smallest absolute Gasteiger partial charge is 0.326 e. The lowest BCUT2D eigenvalue weighted by Gasteiger charge is -2.34. The number of epoxide rings is 1. The Morgan fingerprint density at radius 2 is 1.63 bits per heavy atom. The highest BCUT2D eigenvalue weighted by Gasteiger charge is 2.43. The summed E-state index contributed by atoms with van der Waals surface area (Å²) in [5.41, 5.74) is 7.07. The van der Waals surface area contributed by atoms with Crippen LogP contribution >= 0.6 is 11.6 Å². The van der Waals surface area contributed by atoms with Crippen LogP contribution in [0.2, 0.25) is 5.02 Å². The fourth-order valence-electron chi connectivity index (χ4n) is 5.73. The van der Waals surface area contributed by atoms with Crippen LogP contribution in [0, 0.1) is 16.7 Å². The molecule has 1 fully saturated rings. The minimum Gasteiger partial charge on any atom is -0.495 e. The second-order valence-corrected chi connectivity index (χ2v) is 15.6. The Bertz CT molecular complexity index is 1550. The number of nitrogens with one attached hydrogen (secondary N) is 3. The molecule has 2 aromatic rings. The van der Waals surface area contributed by atoms with E-state index in [1.165, 1.54) is 13.2 Å². The summed E-state index contributed by atoms with van der Waals surface area (Å²) in [6.45, 7) is 13.3. The van der Waals surface area contributed by atoms with Crippen molar-refractivity contribution in [1.29, 1.82) is 0 Å². The molecule has 1 heterocycles. The van der Waals surface area contributed by atoms with Crippen molar-refractivity contribution >= 4 is 35.3 Å². The maximum absolute atomic E-state index is 13.7. The van der Waals surface area contributed by atoms with E-state index in [2.05, 4.69) is 35.0 Å². The van der Waals surface area contributed by atoms with Crippen LogP contribution in [-0.2, 0) is 36.9 Å². The minimum atomic E-state index is -1.19. The van der Waals surface area contributed by atoms with E-state index in [1.54, 1.807) is 45.0 Å². The van der Waals surface area contributed by atoms with E-state index in [-0.39, 0.29) is 36.4 Å². The molecule has 0 aromatic heterocycles. The van der Waals surface area contributed by atoms with E-state index < -0.39 is 47.2 Å². The molecule has 6 N–H and O–H groups in total. The van der Waals surface area contributed by atoms with E-state index in [9.17, 15) is 24.3 Å². The van der Waals surface area contributed by atoms with Gasteiger partial charge < -0.3 is 36.3 Å². The van der Waals surface area contributed by atoms with Crippen molar-refractivity contribution in [2.24, 2.45) is 22.5 Å². The summed E-state index contributed by atoms with van der Waals surface area (Å²) in [6, 6.07) is 10.4. The molecule has 0 spiro atoms. The largest absolute Gasteiger partial charge is 0.495 e. The molecule has 1 aliphatic heterocycles. The Morgan fingerprint density at radius 3 is 2.20 bits per heavy atom. The second-order valence-electron chi connectivity index (χ2n) is 15.2. The lowest BCUT2D eigenvalue weighted by molar-refractivity contribution is -0.145. The van der Waals surface area contributed by atoms with Gasteiger partial charge in [0.05, 0.1) is 23.7 Å². The zero-order valence-corrected chi connectivity index (χ0v) is 31.8. The molecule has 6 atom stereocenters. The molecule has 0 saturated carbocycles. The van der Waals surface area contributed by atoms with Crippen molar-refractivity contribution in [2.45, 2.75) is 111 Å². The van der Waals surface area contributed by atoms with Gasteiger partial charge in [-0.15, -0.1) is 0 Å². The first kappa shape index (κ1) is 41.5. The summed E-state index contributed by atoms with van der Waals surface area (Å²) in [7, 11) is 1.50. The first-order valence-electron chi connectivity index (χ1n) is 17.4. The monoisotopic (exact) mass is 726 g/mol. The number of nitrogens with two attached hydrogens (primary N) is 1. The summed E-state index contributed by atoms with van der Waals surface area (Å²) >= 11 is 6.35. The Morgan fingerprint density at radius 1 is 0.980 bits per heavy atom. The van der Waals surface area contributed by atoms with Crippen LogP contribution in [0.4, 0.5) is 0 Å². The standard InChI is InChI=1S/C39H55ClN4O7/c1-23(33-34(51-33)27-16-13-25(22-41)14-17-27)11-9-10-12-32(45)43-29(20-26-15-18-31(50-8)28(40)19-26)35(46)42-24(2)39(6,7)37(49)44-30(36(47)48)21-38(3,4)5/h10,12-19,23-24,29-30,33-34H,9,11,20-22,41H2,1-8H3,(H,42,46)(H,43,45)(H,44,49)(H,47,48)/b12-10+/t23-,24-,29+,30-,33+,34+/m0/s1. The molecule has 280 valence electrons. The highest BCUT2D eigenvalue weighted by molar-refractivity contribution is 6.32. The molecule has 3 amide bonds. The van der Waals surface area contributed by atoms with E-state index in [4.69, 9.17) is 26.8 Å². The van der Waals surface area contributed by atoms with Crippen LogP contribution < -0.4 is 26.4 Å². The number of rotatable bonds is 18. The zero-order valence-electron chi connectivity index (χ0n) is 31.0. The number of aliphatic carboxylic acids is 1. The molecule has 51 heavy (non-hydrogen) atoms. The van der Waals surface area contributed by atoms with E-state index >= 15 is 0 Å². The number of carbonyl (C=O) groups excluding carboxylic acids is 3. The predicted molar refractivity (Wildman–Crippen MR) is 198 cm³/mol. The van der Waals surface area contributed by atoms with Gasteiger partial charge in [0, 0.05) is 19.0 Å². The van der Waals surface area contributed by atoms with Crippen molar-refractivity contribution in [3.63, 3.8) is 0 Å². The maximum atomic E-state index is 13.7. The van der Waals surface area contributed by atoms with Gasteiger partial charge in [-0.3, -0.25) is 14.4 Å². The third kappa shape index (κ3) is 12.4. The summed E-state index contributed by atoms with van der Waals surface area (Å²) in [6.07, 6.45) is 5.18. The summed E-state index contributed by atoms with van der Waals surface area (Å²) < 4.78 is 11.2. The van der Waals surface area contributed by atoms with Gasteiger partial charge in [0.25, 0.3) is 0 Å². The molecular weight excluding hydrogens is 672 g/mol. The Kier molecular flexibility index (Phi) is 14.7. The number of allylic oxidation sites excluding steroid dienone is 1. The molecule has 1 saturated heterocycles. The molecule has 3 rings (SSSR count). The quantitative estimate of drug-likeness (QED) is 0.0992. The van der Waals surface area contributed by atoms with Gasteiger partial charge in [-0.25, -0.2) is 4.79 Å². The Hall–Kier alpha value is -3.93. The molecule has 1 aliphatic rings. The number of amides is 3. The van der Waals surface area contributed by atoms with E-state index in [0.717, 1.165) is 17.5 Å². The average molecular weight is 727 g/mol. The van der Waals surface area contributed by atoms with Gasteiger partial charge in [0.2, 0.25) is 17.7 Å². The number of methoxy groups -OCH3 is 1. The van der Waals surface area contributed by atoms with Gasteiger partial charge in [0.1, 0.15) is 23.9 Å². The lowest BCUT2D eigenvalue weighted by atomic mass is 9.82. The molecule has 11 nitrogen and oxygen atoms in total. The van der Waals surface area contributed by atoms with Crippen molar-refractivity contribution < 1.29 is 33.8 Å². The minimum absolute atomic E-state index is 0.0605. The number of halogens is 1. The number of hydrogen-bond donors (Lipinski definition) is 5. The fraction of sp³-hybridized carbons (Fsp3) is 0.538. The Labute approximate surface area is 307 Å². The third-order valence-electron chi connectivity index (χ3n) is 9.42. The van der Waals surface area contributed by atoms with Crippen molar-refractivity contribution in [3.05, 3.63) is 76.3 Å². The SMILES string of the molecule is COc1ccc(C[C@@H](NC(=O)/C=C/CC[C@H](C)[C@H]2O[C@@H]2c2ccc(CN)cc2)C(=O)N[C@@H](C)C(C)(C)C(=O)N[C@@H](CC(C)(C)C)C(=O)O)cc1Cl. The molecular formula is C39H55ClN4O7. The van der Waals surface area contributed by atoms with Crippen molar-refractivity contribution in [3.8, 4) is 5.75 Å². The van der Waals surface area contributed by atoms with E-state index in [1.807, 2.05) is 32.9 Å². The van der Waals surface area contributed by atoms with Crippen LogP contribution in [-0.4, -0.2) is 60.1 Å². The fourth-order valence-corrected chi connectivity index (χ4v) is 6.01. The number of ether oxygens (including phenoxy) is 2. The second kappa shape index (κ2) is 18.0. The van der Waals surface area contributed by atoms with Crippen LogP contribution in [0.1, 0.15) is 90.5 Å². The number of carboxylic acid groups (broad SMARTS) is 1. The molecule has 12 heteroatoms. The molecule has 0 radical (unpaired) electrons. The zero-order chi connectivity index (χ0) is 38.1. The van der Waals surface area contributed by atoms with Gasteiger partial charge >= 0.3 is 5.97 Å². The number of hydrogen-bond acceptors (Lipinski definition) is 7. The first-order valence-corrected chi connectivity index (χ1v) is 17.8. The van der Waals surface area contributed by atoms with Gasteiger partial charge in [-0.2, -0.15) is 0 Å². The van der Waals surface area contributed by atoms with Crippen LogP contribution in [0.5, 0.6) is 5.75 Å². The molecule has 0 unspecified atom stereocenters. The normalized spacial score (nSPS) is 18.3. The highest BCUT2D eigenvalue weighted by Crippen LogP contribution is 2.44. The summed E-state index contributed by atoms with van der Waals surface area (Å²) in [5, 5.41) is 18.4. The predicted octanol–water partition coefficient (Wildman–Crippen LogP) is 5.48. The van der Waals surface area contributed by atoms with Crippen molar-refractivity contribution in [2.75, 3.05) is 7.11 Å². The maximum Gasteiger partial charge on any atom is 0.326 e. The average Bonchev–Trinajstić information content (AvgIpc) is 3.86. The van der Waals surface area contributed by atoms with Crippen LogP contribution in [0.3, 0.4) is 0 Å². The summed E-state index contributed by atoms with van der Waals surface area (Å²) in [5.74, 6) is -1.85. The molecule has 2 aromatic carbocycles. The summed E-state index contributed by atoms with van der Waals surface area (Å²) in [4.78, 5) is 52.1. The van der Waals surface area contributed by atoms with Crippen LogP contribution in [0.15, 0.2) is 54.6 Å². The number of benzene rings is 2. The molecule has 0 bridgehead atoms. The van der Waals surface area contributed by atoms with Gasteiger partial charge in [-0.1, -0.05) is 75.7 Å². The van der Waals surface area contributed by atoms with E-state index in [0.29, 0.717) is 29.3 Å². The number of carboxylic acids is 1. The number of carbonyl (C=O) groups is 4. The van der Waals surface area contributed by atoms with Crippen molar-refractivity contribution in [1.82, 2.24) is 16.0 Å². The lowest BCUT2D eigenvalue weighted by Crippen LogP contribution is -2.57. The Balaban J connectivity index is 1.64.